The number of nitrogens with one attached hydrogen (secondary N) is 1. The predicted molar refractivity (Wildman–Crippen MR) is 89.2 cm³/mol. The lowest BCUT2D eigenvalue weighted by atomic mass is 10.3. The van der Waals surface area contributed by atoms with Crippen molar-refractivity contribution >= 4 is 28.1 Å². The summed E-state index contributed by atoms with van der Waals surface area (Å²) in [6, 6.07) is 9.96. The van der Waals surface area contributed by atoms with Gasteiger partial charge in [-0.15, -0.1) is 11.3 Å². The number of benzene rings is 1. The fourth-order valence-electron chi connectivity index (χ4n) is 2.17. The molecule has 0 saturated heterocycles. The van der Waals surface area contributed by atoms with Gasteiger partial charge in [0.05, 0.1) is 12.2 Å². The molecule has 2 aromatic rings. The van der Waals surface area contributed by atoms with Crippen LogP contribution in [0.2, 0.25) is 0 Å². The number of aryl methyl sites for hydroxylation is 2. The van der Waals surface area contributed by atoms with Crippen molar-refractivity contribution in [1.82, 2.24) is 4.98 Å². The van der Waals surface area contributed by atoms with Crippen LogP contribution in [0.5, 0.6) is 0 Å². The highest BCUT2D eigenvalue weighted by molar-refractivity contribution is 7.15. The van der Waals surface area contributed by atoms with E-state index in [0.29, 0.717) is 11.7 Å². The van der Waals surface area contributed by atoms with E-state index in [0.717, 1.165) is 24.3 Å². The van der Waals surface area contributed by atoms with E-state index in [1.165, 1.54) is 16.2 Å². The van der Waals surface area contributed by atoms with Crippen LogP contribution in [0, 0.1) is 6.92 Å². The smallest absolute Gasteiger partial charge is 0.245 e. The van der Waals surface area contributed by atoms with Crippen molar-refractivity contribution in [3.05, 3.63) is 40.9 Å². The van der Waals surface area contributed by atoms with Crippen LogP contribution in [0.25, 0.3) is 0 Å². The third-order valence-electron chi connectivity index (χ3n) is 3.31. The molecule has 1 N–H and O–H groups in total. The minimum absolute atomic E-state index is 0.0305. The lowest BCUT2D eigenvalue weighted by Crippen LogP contribution is -2.33. The molecule has 0 radical (unpaired) electrons. The van der Waals surface area contributed by atoms with Crippen LogP contribution >= 0.6 is 11.3 Å². The maximum absolute atomic E-state index is 12.2. The van der Waals surface area contributed by atoms with Crippen molar-refractivity contribution in [2.24, 2.45) is 0 Å². The van der Waals surface area contributed by atoms with Gasteiger partial charge in [-0.25, -0.2) is 4.98 Å². The summed E-state index contributed by atoms with van der Waals surface area (Å²) in [7, 11) is 0. The van der Waals surface area contributed by atoms with Crippen LogP contribution in [0.4, 0.5) is 10.8 Å². The topological polar surface area (TPSA) is 45.2 Å². The van der Waals surface area contributed by atoms with E-state index in [1.807, 2.05) is 49.1 Å². The first-order chi connectivity index (χ1) is 10.1. The number of carbonyl (C=O) groups excluding carboxylic acids is 1. The molecule has 4 nitrogen and oxygen atoms in total. The Morgan fingerprint density at radius 1 is 1.29 bits per heavy atom. The number of rotatable bonds is 6. The van der Waals surface area contributed by atoms with Crippen molar-refractivity contribution in [3.63, 3.8) is 0 Å². The van der Waals surface area contributed by atoms with E-state index >= 15 is 0 Å². The molecule has 0 spiro atoms. The summed E-state index contributed by atoms with van der Waals surface area (Å²) in [6.45, 7) is 7.27. The maximum Gasteiger partial charge on any atom is 0.245 e. The van der Waals surface area contributed by atoms with Gasteiger partial charge in [0, 0.05) is 17.1 Å². The van der Waals surface area contributed by atoms with Crippen molar-refractivity contribution in [3.8, 4) is 0 Å². The molecule has 1 amide bonds. The van der Waals surface area contributed by atoms with Gasteiger partial charge in [-0.3, -0.25) is 4.79 Å². The number of nitrogens with zero attached hydrogens (tertiary/aromatic N) is 2. The summed E-state index contributed by atoms with van der Waals surface area (Å²) in [5.74, 6) is -0.0305. The van der Waals surface area contributed by atoms with Crippen molar-refractivity contribution < 1.29 is 4.79 Å². The first kappa shape index (κ1) is 15.5. The molecule has 0 unspecified atom stereocenters. The first-order valence-electron chi connectivity index (χ1n) is 7.20. The summed E-state index contributed by atoms with van der Waals surface area (Å²) in [6.07, 6.45) is 0.892. The number of thiazole rings is 1. The number of para-hydroxylation sites is 1. The minimum Gasteiger partial charge on any atom is -0.362 e. The lowest BCUT2D eigenvalue weighted by Gasteiger charge is -2.22. The number of amides is 1. The van der Waals surface area contributed by atoms with Gasteiger partial charge in [0.2, 0.25) is 5.91 Å². The lowest BCUT2D eigenvalue weighted by molar-refractivity contribution is -0.115. The molecular formula is C16H21N3OS. The molecule has 0 fully saturated rings. The van der Waals surface area contributed by atoms with Crippen LogP contribution in [0.15, 0.2) is 30.3 Å². The summed E-state index contributed by atoms with van der Waals surface area (Å²) < 4.78 is 0. The summed E-state index contributed by atoms with van der Waals surface area (Å²) >= 11 is 1.54. The van der Waals surface area contributed by atoms with E-state index in [1.54, 1.807) is 0 Å². The standard InChI is InChI=1S/C16H21N3OS/c1-4-14-12(3)21-16(17-14)18-15(20)11-19(5-2)13-9-7-6-8-10-13/h6-10H,4-5,11H2,1-3H3,(H,17,18,20). The molecule has 0 saturated carbocycles. The van der Waals surface area contributed by atoms with E-state index in [2.05, 4.69) is 17.2 Å². The Labute approximate surface area is 129 Å². The molecule has 112 valence electrons. The zero-order chi connectivity index (χ0) is 15.2. The van der Waals surface area contributed by atoms with E-state index in [4.69, 9.17) is 0 Å². The first-order valence-corrected chi connectivity index (χ1v) is 8.01. The van der Waals surface area contributed by atoms with Crippen LogP contribution < -0.4 is 10.2 Å². The third-order valence-corrected chi connectivity index (χ3v) is 4.24. The number of likely N-dealkylation sites (N-methyl/N-ethyl adjacent to an activating group) is 1. The van der Waals surface area contributed by atoms with Crippen LogP contribution in [0.1, 0.15) is 24.4 Å². The molecule has 1 heterocycles. The number of hydrogen-bond donors (Lipinski definition) is 1. The number of carbonyl (C=O) groups is 1. The normalized spacial score (nSPS) is 10.4. The Balaban J connectivity index is 2.00. The predicted octanol–water partition coefficient (Wildman–Crippen LogP) is 3.48. The quantitative estimate of drug-likeness (QED) is 0.888. The average molecular weight is 303 g/mol. The van der Waals surface area contributed by atoms with Crippen molar-refractivity contribution in [2.75, 3.05) is 23.3 Å². The molecule has 0 aliphatic heterocycles. The van der Waals surface area contributed by atoms with E-state index < -0.39 is 0 Å². The average Bonchev–Trinajstić information content (AvgIpc) is 2.85. The Morgan fingerprint density at radius 2 is 2.00 bits per heavy atom. The molecule has 1 aromatic heterocycles. The molecule has 0 aliphatic carbocycles. The summed E-state index contributed by atoms with van der Waals surface area (Å²) in [5, 5.41) is 3.59. The van der Waals surface area contributed by atoms with Crippen molar-refractivity contribution in [2.45, 2.75) is 27.2 Å². The van der Waals surface area contributed by atoms with Gasteiger partial charge in [-0.2, -0.15) is 0 Å². The van der Waals surface area contributed by atoms with Gasteiger partial charge in [0.1, 0.15) is 0 Å². The zero-order valence-corrected chi connectivity index (χ0v) is 13.5. The molecule has 0 aliphatic rings. The Kier molecular flexibility index (Phi) is 5.33. The highest BCUT2D eigenvalue weighted by Crippen LogP contribution is 2.22. The van der Waals surface area contributed by atoms with Gasteiger partial charge in [0.15, 0.2) is 5.13 Å². The Hall–Kier alpha value is -1.88. The number of anilines is 2. The van der Waals surface area contributed by atoms with Crippen molar-refractivity contribution in [1.29, 1.82) is 0 Å². The minimum atomic E-state index is -0.0305. The molecule has 21 heavy (non-hydrogen) atoms. The second kappa shape index (κ2) is 7.22. The highest BCUT2D eigenvalue weighted by Gasteiger charge is 2.12. The van der Waals surface area contributed by atoms with Crippen LogP contribution in [-0.2, 0) is 11.2 Å². The van der Waals surface area contributed by atoms with Crippen LogP contribution in [-0.4, -0.2) is 24.0 Å². The molecule has 0 bridgehead atoms. The van der Waals surface area contributed by atoms with Crippen LogP contribution in [0.3, 0.4) is 0 Å². The second-order valence-electron chi connectivity index (χ2n) is 4.77. The largest absolute Gasteiger partial charge is 0.362 e. The highest BCUT2D eigenvalue weighted by atomic mass is 32.1. The Morgan fingerprint density at radius 3 is 2.57 bits per heavy atom. The Bertz CT molecular complexity index is 595. The van der Waals surface area contributed by atoms with Gasteiger partial charge >= 0.3 is 0 Å². The van der Waals surface area contributed by atoms with Gasteiger partial charge in [0.25, 0.3) is 0 Å². The second-order valence-corrected chi connectivity index (χ2v) is 5.98. The van der Waals surface area contributed by atoms with Gasteiger partial charge < -0.3 is 10.2 Å². The molecule has 0 atom stereocenters. The van der Waals surface area contributed by atoms with E-state index in [-0.39, 0.29) is 5.91 Å². The SMILES string of the molecule is CCc1nc(NC(=O)CN(CC)c2ccccc2)sc1C. The zero-order valence-electron chi connectivity index (χ0n) is 12.7. The number of hydrogen-bond acceptors (Lipinski definition) is 4. The number of aromatic nitrogens is 1. The molecular weight excluding hydrogens is 282 g/mol. The van der Waals surface area contributed by atoms with Gasteiger partial charge in [-0.05, 0) is 32.4 Å². The van der Waals surface area contributed by atoms with Gasteiger partial charge in [-0.1, -0.05) is 25.1 Å². The monoisotopic (exact) mass is 303 g/mol. The fraction of sp³-hybridized carbons (Fsp3) is 0.375. The molecule has 2 rings (SSSR count). The summed E-state index contributed by atoms with van der Waals surface area (Å²) in [4.78, 5) is 19.8. The molecule has 5 heteroatoms. The third kappa shape index (κ3) is 4.04. The molecule has 1 aromatic carbocycles. The maximum atomic E-state index is 12.2. The fourth-order valence-corrected chi connectivity index (χ4v) is 3.08. The summed E-state index contributed by atoms with van der Waals surface area (Å²) in [5.41, 5.74) is 2.12. The van der Waals surface area contributed by atoms with E-state index in [9.17, 15) is 4.79 Å².